The predicted molar refractivity (Wildman–Crippen MR) is 77.5 cm³/mol. The van der Waals surface area contributed by atoms with Gasteiger partial charge in [0.2, 0.25) is 0 Å². The van der Waals surface area contributed by atoms with Gasteiger partial charge in [0.1, 0.15) is 24.1 Å². The Bertz CT molecular complexity index is 612. The minimum Gasteiger partial charge on any atom is -0.446 e. The summed E-state index contributed by atoms with van der Waals surface area (Å²) >= 11 is 1.44. The molecule has 1 aliphatic rings. The fraction of sp³-hybridized carbons (Fsp3) is 0.417. The van der Waals surface area contributed by atoms with Gasteiger partial charge in [0.25, 0.3) is 0 Å². The van der Waals surface area contributed by atoms with Gasteiger partial charge in [0.05, 0.1) is 6.54 Å². The van der Waals surface area contributed by atoms with Crippen molar-refractivity contribution >= 4 is 23.7 Å². The zero-order valence-electron chi connectivity index (χ0n) is 11.0. The lowest BCUT2D eigenvalue weighted by molar-refractivity contribution is -0.0104. The van der Waals surface area contributed by atoms with Crippen molar-refractivity contribution in [2.45, 2.75) is 11.7 Å². The molecule has 3 N–H and O–H groups in total. The molecular formula is C12H14N4O4S. The van der Waals surface area contributed by atoms with Crippen LogP contribution < -0.4 is 16.7 Å². The van der Waals surface area contributed by atoms with Crippen LogP contribution in [0.25, 0.3) is 0 Å². The summed E-state index contributed by atoms with van der Waals surface area (Å²) in [5.74, 6) is 2.97. The highest BCUT2D eigenvalue weighted by Gasteiger charge is 2.29. The second kappa shape index (κ2) is 7.01. The number of nitrogens with two attached hydrogens (primary N) is 1. The van der Waals surface area contributed by atoms with Crippen LogP contribution in [-0.2, 0) is 9.47 Å². The number of nitrogen functional groups attached to an aromatic ring is 1. The fourth-order valence-electron chi connectivity index (χ4n) is 1.64. The summed E-state index contributed by atoms with van der Waals surface area (Å²) < 4.78 is 11.9. The maximum absolute atomic E-state index is 11.7. The third-order valence-electron chi connectivity index (χ3n) is 2.58. The van der Waals surface area contributed by atoms with Crippen LogP contribution in [0.3, 0.4) is 0 Å². The van der Waals surface area contributed by atoms with E-state index in [9.17, 15) is 9.59 Å². The van der Waals surface area contributed by atoms with Crippen LogP contribution in [0.15, 0.2) is 17.1 Å². The molecule has 1 saturated heterocycles. The van der Waals surface area contributed by atoms with Crippen LogP contribution in [0, 0.1) is 12.3 Å². The average Bonchev–Trinajstić information content (AvgIpc) is 2.91. The predicted octanol–water partition coefficient (Wildman–Crippen LogP) is -0.227. The number of anilines is 1. The van der Waals surface area contributed by atoms with Gasteiger partial charge in [-0.15, -0.1) is 18.2 Å². The van der Waals surface area contributed by atoms with E-state index in [2.05, 4.69) is 16.2 Å². The first-order valence-electron chi connectivity index (χ1n) is 6.06. The Morgan fingerprint density at radius 3 is 3.29 bits per heavy atom. The van der Waals surface area contributed by atoms with Crippen molar-refractivity contribution in [3.63, 3.8) is 0 Å². The molecule has 0 bridgehead atoms. The minimum atomic E-state index is -0.605. The number of carbonyl (C=O) groups excluding carboxylic acids is 1. The lowest BCUT2D eigenvalue weighted by Crippen LogP contribution is -2.30. The summed E-state index contributed by atoms with van der Waals surface area (Å²) in [7, 11) is 0. The number of rotatable bonds is 4. The summed E-state index contributed by atoms with van der Waals surface area (Å²) in [6.07, 6.45) is 5.47. The Balaban J connectivity index is 1.85. The Kier molecular flexibility index (Phi) is 5.08. The number of nitrogens with zero attached hydrogens (tertiary/aromatic N) is 2. The molecule has 1 fully saturated rings. The summed E-state index contributed by atoms with van der Waals surface area (Å²) in [4.78, 5) is 26.5. The van der Waals surface area contributed by atoms with Gasteiger partial charge in [-0.3, -0.25) is 4.57 Å². The van der Waals surface area contributed by atoms with E-state index in [1.54, 1.807) is 0 Å². The first-order chi connectivity index (χ1) is 10.1. The summed E-state index contributed by atoms with van der Waals surface area (Å²) in [5.41, 5.74) is 4.60. The average molecular weight is 310 g/mol. The Labute approximate surface area is 125 Å². The number of terminal acetylenes is 1. The summed E-state index contributed by atoms with van der Waals surface area (Å²) in [6.45, 7) is 0.168. The number of carbonyl (C=O) groups is 1. The molecule has 0 aromatic carbocycles. The normalized spacial score (nSPS) is 20.7. The molecule has 2 rings (SSSR count). The van der Waals surface area contributed by atoms with Gasteiger partial charge in [-0.05, 0) is 6.07 Å². The number of hydrogen-bond donors (Lipinski definition) is 2. The topological polar surface area (TPSA) is 108 Å². The molecule has 1 aromatic rings. The number of nitrogens with one attached hydrogen (secondary N) is 1. The highest BCUT2D eigenvalue weighted by Crippen LogP contribution is 2.30. The molecule has 0 aliphatic carbocycles. The fourth-order valence-corrected chi connectivity index (χ4v) is 2.63. The second-order valence-electron chi connectivity index (χ2n) is 4.05. The highest BCUT2D eigenvalue weighted by molar-refractivity contribution is 8.00. The standard InChI is InChI=1S/C12H14N4O4S/c1-2-4-14-12(18)19-6-10-20-9(7-21-10)16-5-3-8(13)15-11(16)17/h1,3,5,9-10H,4,6-7H2,(H,14,18)(H2,13,15,17)/t9-,10+/m0/s1. The smallest absolute Gasteiger partial charge is 0.408 e. The van der Waals surface area contributed by atoms with Crippen LogP contribution in [-0.4, -0.2) is 40.0 Å². The van der Waals surface area contributed by atoms with Gasteiger partial charge >= 0.3 is 11.8 Å². The molecule has 0 unspecified atom stereocenters. The number of amides is 1. The maximum Gasteiger partial charge on any atom is 0.408 e. The van der Waals surface area contributed by atoms with E-state index in [1.165, 1.54) is 28.6 Å². The van der Waals surface area contributed by atoms with E-state index in [0.717, 1.165) is 0 Å². The van der Waals surface area contributed by atoms with Crippen LogP contribution >= 0.6 is 11.8 Å². The maximum atomic E-state index is 11.7. The van der Waals surface area contributed by atoms with Crippen molar-refractivity contribution in [1.29, 1.82) is 0 Å². The Hall–Kier alpha value is -2.18. The van der Waals surface area contributed by atoms with Crippen molar-refractivity contribution in [2.24, 2.45) is 0 Å². The number of ether oxygens (including phenoxy) is 2. The van der Waals surface area contributed by atoms with Crippen LogP contribution in [0.1, 0.15) is 6.23 Å². The van der Waals surface area contributed by atoms with E-state index in [1.807, 2.05) is 0 Å². The molecule has 2 atom stereocenters. The van der Waals surface area contributed by atoms with Crippen LogP contribution in [0.4, 0.5) is 10.6 Å². The van der Waals surface area contributed by atoms with E-state index in [-0.39, 0.29) is 24.4 Å². The van der Waals surface area contributed by atoms with Gasteiger partial charge < -0.3 is 20.5 Å². The van der Waals surface area contributed by atoms with Gasteiger partial charge in [-0.2, -0.15) is 4.98 Å². The van der Waals surface area contributed by atoms with Crippen molar-refractivity contribution in [3.05, 3.63) is 22.7 Å². The number of hydrogen-bond acceptors (Lipinski definition) is 7. The van der Waals surface area contributed by atoms with Crippen LogP contribution in [0.2, 0.25) is 0 Å². The van der Waals surface area contributed by atoms with E-state index in [0.29, 0.717) is 5.75 Å². The molecule has 9 heteroatoms. The minimum absolute atomic E-state index is 0.0642. The summed E-state index contributed by atoms with van der Waals surface area (Å²) in [6, 6.07) is 1.52. The number of thioether (sulfide) groups is 1. The summed E-state index contributed by atoms with van der Waals surface area (Å²) in [5, 5.41) is 2.37. The monoisotopic (exact) mass is 310 g/mol. The highest BCUT2D eigenvalue weighted by atomic mass is 32.2. The number of aromatic nitrogens is 2. The zero-order chi connectivity index (χ0) is 15.2. The van der Waals surface area contributed by atoms with Crippen molar-refractivity contribution in [3.8, 4) is 12.3 Å². The molecule has 2 heterocycles. The molecular weight excluding hydrogens is 296 g/mol. The molecule has 0 saturated carbocycles. The Morgan fingerprint density at radius 1 is 1.76 bits per heavy atom. The Morgan fingerprint density at radius 2 is 2.57 bits per heavy atom. The quantitative estimate of drug-likeness (QED) is 0.740. The molecule has 0 radical (unpaired) electrons. The third kappa shape index (κ3) is 4.14. The first kappa shape index (κ1) is 15.2. The van der Waals surface area contributed by atoms with Gasteiger partial charge in [-0.25, -0.2) is 9.59 Å². The van der Waals surface area contributed by atoms with E-state index < -0.39 is 18.0 Å². The largest absolute Gasteiger partial charge is 0.446 e. The molecule has 112 valence electrons. The third-order valence-corrected chi connectivity index (χ3v) is 3.68. The lowest BCUT2D eigenvalue weighted by Gasteiger charge is -2.14. The molecule has 8 nitrogen and oxygen atoms in total. The zero-order valence-corrected chi connectivity index (χ0v) is 11.8. The van der Waals surface area contributed by atoms with E-state index >= 15 is 0 Å². The van der Waals surface area contributed by atoms with Crippen molar-refractivity contribution in [2.75, 3.05) is 24.6 Å². The van der Waals surface area contributed by atoms with Crippen molar-refractivity contribution < 1.29 is 14.3 Å². The molecule has 1 aromatic heterocycles. The van der Waals surface area contributed by atoms with E-state index in [4.69, 9.17) is 21.6 Å². The SMILES string of the molecule is C#CCNC(=O)OC[C@@H]1O[C@H](n2ccc(N)nc2=O)CS1. The molecule has 1 aliphatic heterocycles. The van der Waals surface area contributed by atoms with Gasteiger partial charge in [0, 0.05) is 11.9 Å². The first-order valence-corrected chi connectivity index (χ1v) is 7.11. The lowest BCUT2D eigenvalue weighted by atomic mass is 10.5. The van der Waals surface area contributed by atoms with Gasteiger partial charge in [-0.1, -0.05) is 5.92 Å². The van der Waals surface area contributed by atoms with Crippen molar-refractivity contribution in [1.82, 2.24) is 14.9 Å². The molecule has 0 spiro atoms. The number of alkyl carbamates (subject to hydrolysis) is 1. The second-order valence-corrected chi connectivity index (χ2v) is 5.24. The molecule has 1 amide bonds. The van der Waals surface area contributed by atoms with Crippen LogP contribution in [0.5, 0.6) is 0 Å². The molecule has 21 heavy (non-hydrogen) atoms. The van der Waals surface area contributed by atoms with Gasteiger partial charge in [0.15, 0.2) is 0 Å².